The van der Waals surface area contributed by atoms with Gasteiger partial charge >= 0.3 is 0 Å². The fraction of sp³-hybridized carbons (Fsp3) is 0.308. The van der Waals surface area contributed by atoms with Gasteiger partial charge in [-0.3, -0.25) is 0 Å². The molecule has 0 aliphatic heterocycles. The third-order valence-corrected chi connectivity index (χ3v) is 2.72. The molecule has 2 rings (SSSR count). The van der Waals surface area contributed by atoms with Gasteiger partial charge in [0, 0.05) is 11.1 Å². The molecule has 1 heterocycles. The number of anilines is 1. The lowest BCUT2D eigenvalue weighted by Gasteiger charge is -2.22. The van der Waals surface area contributed by atoms with Gasteiger partial charge in [-0.1, -0.05) is 0 Å². The zero-order valence-electron chi connectivity index (χ0n) is 10.5. The first-order valence-electron chi connectivity index (χ1n) is 5.59. The highest BCUT2D eigenvalue weighted by molar-refractivity contribution is 5.70. The first-order chi connectivity index (χ1) is 8.30. The fourth-order valence-electron chi connectivity index (χ4n) is 1.76. The van der Waals surface area contributed by atoms with Crippen LogP contribution in [-0.2, 0) is 5.54 Å². The van der Waals surface area contributed by atoms with Crippen LogP contribution >= 0.6 is 0 Å². The monoisotopic (exact) mass is 251 g/mol. The summed E-state index contributed by atoms with van der Waals surface area (Å²) < 4.78 is 27.9. The fourth-order valence-corrected chi connectivity index (χ4v) is 1.76. The number of nitrogens with zero attached hydrogens (tertiary/aromatic N) is 2. The number of hydrogen-bond acceptors (Lipinski definition) is 2. The minimum absolute atomic E-state index is 0.214. The number of benzene rings is 1. The summed E-state index contributed by atoms with van der Waals surface area (Å²) in [4.78, 5) is 4.17. The molecular weight excluding hydrogens is 236 g/mol. The smallest absolute Gasteiger partial charge is 0.159 e. The summed E-state index contributed by atoms with van der Waals surface area (Å²) in [7, 11) is 0. The number of nitrogens with two attached hydrogens (primary N) is 1. The predicted octanol–water partition coefficient (Wildman–Crippen LogP) is 3.17. The third-order valence-electron chi connectivity index (χ3n) is 2.72. The van der Waals surface area contributed by atoms with Gasteiger partial charge in [0.05, 0.1) is 6.33 Å². The molecule has 0 bridgehead atoms. The van der Waals surface area contributed by atoms with Crippen LogP contribution < -0.4 is 5.73 Å². The number of hydrogen-bond donors (Lipinski definition) is 1. The predicted molar refractivity (Wildman–Crippen MR) is 67.0 cm³/mol. The Balaban J connectivity index is 2.52. The maximum Gasteiger partial charge on any atom is 0.159 e. The molecule has 0 aliphatic carbocycles. The van der Waals surface area contributed by atoms with E-state index in [1.807, 2.05) is 20.8 Å². The number of imidazole rings is 1. The second-order valence-electron chi connectivity index (χ2n) is 5.15. The molecule has 0 saturated heterocycles. The molecular formula is C13H15F2N3. The van der Waals surface area contributed by atoms with Crippen LogP contribution in [0.3, 0.4) is 0 Å². The highest BCUT2D eigenvalue weighted by Crippen LogP contribution is 2.29. The summed E-state index contributed by atoms with van der Waals surface area (Å²) >= 11 is 0. The van der Waals surface area contributed by atoms with E-state index in [0.717, 1.165) is 12.1 Å². The van der Waals surface area contributed by atoms with Gasteiger partial charge in [0.25, 0.3) is 0 Å². The average Bonchev–Trinajstić information content (AvgIpc) is 2.64. The summed E-state index contributed by atoms with van der Waals surface area (Å²) in [6, 6.07) is 3.63. The van der Waals surface area contributed by atoms with E-state index in [1.165, 1.54) is 6.07 Å². The van der Waals surface area contributed by atoms with Crippen molar-refractivity contribution in [1.82, 2.24) is 9.55 Å². The van der Waals surface area contributed by atoms with Crippen molar-refractivity contribution in [3.05, 3.63) is 36.2 Å². The molecule has 96 valence electrons. The van der Waals surface area contributed by atoms with Crippen LogP contribution in [-0.4, -0.2) is 9.55 Å². The molecule has 0 fully saturated rings. The molecule has 2 aromatic rings. The zero-order chi connectivity index (χ0) is 13.5. The Hall–Kier alpha value is -1.91. The van der Waals surface area contributed by atoms with E-state index in [-0.39, 0.29) is 5.54 Å². The van der Waals surface area contributed by atoms with Crippen molar-refractivity contribution in [3.8, 4) is 11.3 Å². The lowest BCUT2D eigenvalue weighted by atomic mass is 10.1. The molecule has 1 aromatic carbocycles. The van der Waals surface area contributed by atoms with Gasteiger partial charge in [0.2, 0.25) is 0 Å². The Morgan fingerprint density at radius 2 is 1.83 bits per heavy atom. The summed E-state index contributed by atoms with van der Waals surface area (Å²) in [6.07, 6.45) is 1.60. The molecule has 0 unspecified atom stereocenters. The normalized spacial score (nSPS) is 11.8. The largest absolute Gasteiger partial charge is 0.383 e. The minimum atomic E-state index is -0.905. The van der Waals surface area contributed by atoms with Crippen molar-refractivity contribution in [2.45, 2.75) is 26.3 Å². The van der Waals surface area contributed by atoms with E-state index < -0.39 is 11.6 Å². The molecule has 18 heavy (non-hydrogen) atoms. The van der Waals surface area contributed by atoms with E-state index in [9.17, 15) is 8.78 Å². The highest BCUT2D eigenvalue weighted by atomic mass is 19.2. The first-order valence-corrected chi connectivity index (χ1v) is 5.59. The number of rotatable bonds is 1. The van der Waals surface area contributed by atoms with Gasteiger partial charge in [-0.2, -0.15) is 0 Å². The molecule has 3 nitrogen and oxygen atoms in total. The second-order valence-corrected chi connectivity index (χ2v) is 5.15. The van der Waals surface area contributed by atoms with Crippen LogP contribution in [0.1, 0.15) is 20.8 Å². The molecule has 0 saturated carbocycles. The summed E-state index contributed by atoms with van der Waals surface area (Å²) in [5, 5.41) is 0. The van der Waals surface area contributed by atoms with Crippen molar-refractivity contribution in [2.75, 3.05) is 5.73 Å². The topological polar surface area (TPSA) is 43.8 Å². The SMILES string of the molecule is CC(C)(C)n1cnc(-c2ccc(F)c(F)c2)c1N. The summed E-state index contributed by atoms with van der Waals surface area (Å²) in [5.74, 6) is -1.35. The quantitative estimate of drug-likeness (QED) is 0.846. The summed E-state index contributed by atoms with van der Waals surface area (Å²) in [5.41, 5.74) is 6.71. The van der Waals surface area contributed by atoms with Crippen molar-refractivity contribution in [1.29, 1.82) is 0 Å². The van der Waals surface area contributed by atoms with Crippen molar-refractivity contribution >= 4 is 5.82 Å². The maximum absolute atomic E-state index is 13.2. The van der Waals surface area contributed by atoms with Crippen molar-refractivity contribution in [3.63, 3.8) is 0 Å². The standard InChI is InChI=1S/C13H15F2N3/c1-13(2,3)18-7-17-11(12(18)16)8-4-5-9(14)10(15)6-8/h4-7H,16H2,1-3H3. The lowest BCUT2D eigenvalue weighted by molar-refractivity contribution is 0.402. The molecule has 1 aromatic heterocycles. The van der Waals surface area contributed by atoms with E-state index in [0.29, 0.717) is 17.1 Å². The average molecular weight is 251 g/mol. The number of nitrogen functional groups attached to an aromatic ring is 1. The summed E-state index contributed by atoms with van der Waals surface area (Å²) in [6.45, 7) is 5.96. The molecule has 0 radical (unpaired) electrons. The van der Waals surface area contributed by atoms with Gasteiger partial charge in [-0.05, 0) is 39.0 Å². The van der Waals surface area contributed by atoms with E-state index in [1.54, 1.807) is 10.9 Å². The first kappa shape index (κ1) is 12.5. The molecule has 2 N–H and O–H groups in total. The molecule has 0 spiro atoms. The van der Waals surface area contributed by atoms with E-state index in [2.05, 4.69) is 4.98 Å². The van der Waals surface area contributed by atoms with E-state index in [4.69, 9.17) is 5.73 Å². The zero-order valence-corrected chi connectivity index (χ0v) is 10.5. The maximum atomic E-state index is 13.2. The van der Waals surface area contributed by atoms with Gasteiger partial charge in [0.1, 0.15) is 11.5 Å². The van der Waals surface area contributed by atoms with Crippen LogP contribution in [0.4, 0.5) is 14.6 Å². The van der Waals surface area contributed by atoms with Crippen molar-refractivity contribution in [2.24, 2.45) is 0 Å². The number of halogens is 2. The van der Waals surface area contributed by atoms with Crippen LogP contribution in [0.15, 0.2) is 24.5 Å². The third kappa shape index (κ3) is 2.08. The Labute approximate surface area is 104 Å². The Morgan fingerprint density at radius 1 is 1.17 bits per heavy atom. The van der Waals surface area contributed by atoms with Gasteiger partial charge in [-0.25, -0.2) is 13.8 Å². The van der Waals surface area contributed by atoms with Crippen molar-refractivity contribution < 1.29 is 8.78 Å². The Kier molecular flexibility index (Phi) is 2.84. The number of aromatic nitrogens is 2. The van der Waals surface area contributed by atoms with Gasteiger partial charge in [0.15, 0.2) is 11.6 Å². The molecule has 0 amide bonds. The Bertz CT molecular complexity index is 582. The van der Waals surface area contributed by atoms with Crippen LogP contribution in [0.5, 0.6) is 0 Å². The van der Waals surface area contributed by atoms with Gasteiger partial charge < -0.3 is 10.3 Å². The lowest BCUT2D eigenvalue weighted by Crippen LogP contribution is -2.22. The highest BCUT2D eigenvalue weighted by Gasteiger charge is 2.19. The molecule has 0 aliphatic rings. The molecule has 0 atom stereocenters. The van der Waals surface area contributed by atoms with Crippen LogP contribution in [0, 0.1) is 11.6 Å². The van der Waals surface area contributed by atoms with Crippen LogP contribution in [0.2, 0.25) is 0 Å². The molecule has 5 heteroatoms. The van der Waals surface area contributed by atoms with E-state index >= 15 is 0 Å². The van der Waals surface area contributed by atoms with Crippen LogP contribution in [0.25, 0.3) is 11.3 Å². The second kappa shape index (κ2) is 4.08. The minimum Gasteiger partial charge on any atom is -0.383 e. The van der Waals surface area contributed by atoms with Gasteiger partial charge in [-0.15, -0.1) is 0 Å². The Morgan fingerprint density at radius 3 is 2.33 bits per heavy atom.